The van der Waals surface area contributed by atoms with Crippen molar-refractivity contribution >= 4 is 8.80 Å². The maximum atomic E-state index is 2.27. The van der Waals surface area contributed by atoms with Crippen LogP contribution < -0.4 is 0 Å². The first-order valence-corrected chi connectivity index (χ1v) is 4.50. The topological polar surface area (TPSA) is 0 Å². The first-order valence-electron chi connectivity index (χ1n) is 1.50. The van der Waals surface area contributed by atoms with Crippen LogP contribution in [-0.4, -0.2) is 8.80 Å². The molecule has 0 rings (SSSR count). The zero-order valence-corrected chi connectivity index (χ0v) is 8.92. The van der Waals surface area contributed by atoms with Crippen LogP contribution in [0, 0.1) is 7.43 Å². The van der Waals surface area contributed by atoms with Crippen LogP contribution in [0.1, 0.15) is 0 Å². The fraction of sp³-hybridized carbons (Fsp3) is 0.750. The third-order valence-corrected chi connectivity index (χ3v) is 0. The first kappa shape index (κ1) is 15.7. The molecule has 0 aromatic rings. The Kier molecular flexibility index (Phi) is 25.0. The molecule has 2 radical (unpaired) electrons. The van der Waals surface area contributed by atoms with Crippen molar-refractivity contribution in [2.24, 2.45) is 0 Å². The monoisotopic (exact) mass is 177 g/mol. The maximum absolute atomic E-state index is 2.27. The minimum absolute atomic E-state index is 0. The van der Waals surface area contributed by atoms with Crippen LogP contribution in [0.2, 0.25) is 19.6 Å². The summed E-state index contributed by atoms with van der Waals surface area (Å²) in [5.74, 6) is 0. The van der Waals surface area contributed by atoms with Crippen molar-refractivity contribution in [1.82, 2.24) is 0 Å². The van der Waals surface area contributed by atoms with E-state index < -0.39 is 0 Å². The van der Waals surface area contributed by atoms with Gasteiger partial charge in [-0.3, -0.25) is 0 Å². The molecule has 0 amide bonds. The van der Waals surface area contributed by atoms with Crippen LogP contribution in [0.15, 0.2) is 0 Å². The fourth-order valence-corrected chi connectivity index (χ4v) is 0. The van der Waals surface area contributed by atoms with Gasteiger partial charge in [0.05, 0.1) is 0 Å². The van der Waals surface area contributed by atoms with Crippen molar-refractivity contribution < 1.29 is 32.7 Å². The normalized spacial score (nSPS) is 6.00. The van der Waals surface area contributed by atoms with E-state index in [0.29, 0.717) is 0 Å². The van der Waals surface area contributed by atoms with Gasteiger partial charge < -0.3 is 7.43 Å². The van der Waals surface area contributed by atoms with Crippen LogP contribution in [0.3, 0.4) is 0 Å². The van der Waals surface area contributed by atoms with Gasteiger partial charge in [0.15, 0.2) is 0 Å². The minimum atomic E-state index is 0. The summed E-state index contributed by atoms with van der Waals surface area (Å²) in [5, 5.41) is 0. The molecule has 2 heteroatoms. The number of rotatable bonds is 0. The zero-order chi connectivity index (χ0) is 3.58. The second-order valence-electron chi connectivity index (χ2n) is 1.50. The van der Waals surface area contributed by atoms with Gasteiger partial charge in [-0.25, -0.2) is 0 Å². The molecule has 36 valence electrons. The van der Waals surface area contributed by atoms with E-state index in [1.54, 1.807) is 0 Å². The van der Waals surface area contributed by atoms with Crippen LogP contribution in [0.5, 0.6) is 0 Å². The Balaban J connectivity index is -0.0000000450. The molecule has 0 aliphatic rings. The molecule has 0 bridgehead atoms. The van der Waals surface area contributed by atoms with E-state index in [1.807, 2.05) is 0 Å². The van der Waals surface area contributed by atoms with Crippen LogP contribution in [-0.2, 0) is 32.7 Å². The van der Waals surface area contributed by atoms with Gasteiger partial charge in [-0.05, 0) is 0 Å². The molecule has 0 heterocycles. The van der Waals surface area contributed by atoms with Gasteiger partial charge in [-0.1, -0.05) is 19.6 Å². The zero-order valence-electron chi connectivity index (χ0n) is 5.08. The summed E-state index contributed by atoms with van der Waals surface area (Å²) in [5.41, 5.74) is 0. The Labute approximate surface area is 68.2 Å². The van der Waals surface area contributed by atoms with Crippen molar-refractivity contribution in [2.45, 2.75) is 19.6 Å². The smallest absolute Gasteiger partial charge is 0.0379 e. The second-order valence-corrected chi connectivity index (χ2v) is 4.50. The largest absolute Gasteiger partial charge is 0.358 e. The third kappa shape index (κ3) is 56.9. The summed E-state index contributed by atoms with van der Waals surface area (Å²) >= 11 is 0. The standard InChI is InChI=1S/C3H9Si.CH3.Y/c1-4(2)3;;/h1-3H3;1H3;/q;-1;. The third-order valence-electron chi connectivity index (χ3n) is 0. The molecule has 0 saturated heterocycles. The number of hydrogen-bond acceptors (Lipinski definition) is 0. The Morgan fingerprint density at radius 2 is 1.00 bits per heavy atom. The molecule has 0 unspecified atom stereocenters. The fourth-order valence-electron chi connectivity index (χ4n) is 0. The molecular formula is C4H12SiY-. The summed E-state index contributed by atoms with van der Waals surface area (Å²) in [6.45, 7) is 6.81. The second kappa shape index (κ2) is 9.59. The van der Waals surface area contributed by atoms with Crippen molar-refractivity contribution in [3.05, 3.63) is 7.43 Å². The van der Waals surface area contributed by atoms with E-state index in [4.69, 9.17) is 0 Å². The summed E-state index contributed by atoms with van der Waals surface area (Å²) in [6, 6.07) is 0. The number of hydrogen-bond donors (Lipinski definition) is 0. The first-order chi connectivity index (χ1) is 1.73. The quantitative estimate of drug-likeness (QED) is 0.391. The van der Waals surface area contributed by atoms with Gasteiger partial charge in [0.25, 0.3) is 0 Å². The molecule has 0 nitrogen and oxygen atoms in total. The molecule has 0 saturated carbocycles. The van der Waals surface area contributed by atoms with E-state index in [1.165, 1.54) is 0 Å². The van der Waals surface area contributed by atoms with E-state index >= 15 is 0 Å². The van der Waals surface area contributed by atoms with E-state index in [2.05, 4.69) is 19.6 Å². The van der Waals surface area contributed by atoms with Crippen molar-refractivity contribution in [3.63, 3.8) is 0 Å². The average Bonchev–Trinajstić information content (AvgIpc) is 0.811. The van der Waals surface area contributed by atoms with E-state index in [0.717, 1.165) is 0 Å². The molecule has 0 spiro atoms. The van der Waals surface area contributed by atoms with Crippen molar-refractivity contribution in [2.75, 3.05) is 0 Å². The van der Waals surface area contributed by atoms with E-state index in [9.17, 15) is 0 Å². The minimum Gasteiger partial charge on any atom is -0.358 e. The van der Waals surface area contributed by atoms with Gasteiger partial charge in [0.1, 0.15) is 0 Å². The molecule has 0 aromatic heterocycles. The molecule has 0 fully saturated rings. The Bertz CT molecular complexity index is 12.3. The van der Waals surface area contributed by atoms with Gasteiger partial charge in [-0.2, -0.15) is 0 Å². The molecule has 0 atom stereocenters. The molecule has 0 aliphatic heterocycles. The summed E-state index contributed by atoms with van der Waals surface area (Å²) in [7, 11) is 0.120. The Morgan fingerprint density at radius 3 is 1.00 bits per heavy atom. The predicted molar refractivity (Wildman–Crippen MR) is 29.8 cm³/mol. The van der Waals surface area contributed by atoms with Gasteiger partial charge in [0, 0.05) is 41.5 Å². The summed E-state index contributed by atoms with van der Waals surface area (Å²) in [4.78, 5) is 0. The molecule has 6 heavy (non-hydrogen) atoms. The average molecular weight is 177 g/mol. The summed E-state index contributed by atoms with van der Waals surface area (Å²) in [6.07, 6.45) is 0. The van der Waals surface area contributed by atoms with Crippen molar-refractivity contribution in [3.8, 4) is 0 Å². The molecule has 0 N–H and O–H groups in total. The molecule has 0 aliphatic carbocycles. The van der Waals surface area contributed by atoms with Crippen LogP contribution >= 0.6 is 0 Å². The van der Waals surface area contributed by atoms with Crippen molar-refractivity contribution in [1.29, 1.82) is 0 Å². The van der Waals surface area contributed by atoms with Gasteiger partial charge in [-0.15, -0.1) is 0 Å². The molecular weight excluding hydrogens is 165 g/mol. The molecule has 0 aromatic carbocycles. The Morgan fingerprint density at radius 1 is 1.00 bits per heavy atom. The Hall–Kier alpha value is 1.32. The van der Waals surface area contributed by atoms with Crippen LogP contribution in [0.25, 0.3) is 0 Å². The van der Waals surface area contributed by atoms with Gasteiger partial charge in [0.2, 0.25) is 0 Å². The SMILES string of the molecule is C[Si](C)C.[CH3-].[Y]. The van der Waals surface area contributed by atoms with Crippen LogP contribution in [0.4, 0.5) is 0 Å². The summed E-state index contributed by atoms with van der Waals surface area (Å²) < 4.78 is 0. The van der Waals surface area contributed by atoms with Gasteiger partial charge >= 0.3 is 0 Å². The maximum Gasteiger partial charge on any atom is 0.0379 e. The van der Waals surface area contributed by atoms with E-state index in [-0.39, 0.29) is 48.9 Å². The predicted octanol–water partition coefficient (Wildman–Crippen LogP) is 1.82.